The summed E-state index contributed by atoms with van der Waals surface area (Å²) in [7, 11) is 0. The van der Waals surface area contributed by atoms with Crippen molar-refractivity contribution in [1.29, 1.82) is 0 Å². The molecule has 1 heterocycles. The van der Waals surface area contributed by atoms with Crippen molar-refractivity contribution in [2.24, 2.45) is 0 Å². The summed E-state index contributed by atoms with van der Waals surface area (Å²) >= 11 is 1.84. The van der Waals surface area contributed by atoms with E-state index in [9.17, 15) is 0 Å². The van der Waals surface area contributed by atoms with Gasteiger partial charge in [-0.3, -0.25) is 0 Å². The molecule has 1 aromatic heterocycles. The van der Waals surface area contributed by atoms with E-state index in [2.05, 4.69) is 61.7 Å². The Morgan fingerprint density at radius 1 is 0.941 bits per heavy atom. The van der Waals surface area contributed by atoms with Gasteiger partial charge in [0.25, 0.3) is 0 Å². The number of aryl methyl sites for hydroxylation is 2. The fourth-order valence-corrected chi connectivity index (χ4v) is 3.29. The number of hydrogen-bond donors (Lipinski definition) is 0. The van der Waals surface area contributed by atoms with Gasteiger partial charge in [-0.05, 0) is 35.7 Å². The summed E-state index contributed by atoms with van der Waals surface area (Å²) in [6, 6.07) is 15.3. The van der Waals surface area contributed by atoms with Gasteiger partial charge >= 0.3 is 0 Å². The molecule has 0 atom stereocenters. The lowest BCUT2D eigenvalue weighted by Gasteiger charge is -2.05. The molecule has 0 spiro atoms. The molecule has 84 valence electrons. The number of rotatable bonds is 1. The van der Waals surface area contributed by atoms with Crippen LogP contribution in [0, 0.1) is 13.8 Å². The molecule has 3 aromatic rings. The predicted molar refractivity (Wildman–Crippen MR) is 76.7 cm³/mol. The average Bonchev–Trinajstić information content (AvgIpc) is 2.76. The third kappa shape index (κ3) is 1.77. The molecule has 0 unspecified atom stereocenters. The Hall–Kier alpha value is -1.60. The van der Waals surface area contributed by atoms with E-state index in [1.54, 1.807) is 0 Å². The van der Waals surface area contributed by atoms with Crippen molar-refractivity contribution in [3.05, 3.63) is 59.0 Å². The van der Waals surface area contributed by atoms with Gasteiger partial charge in [0.05, 0.1) is 0 Å². The molecule has 0 saturated carbocycles. The maximum Gasteiger partial charge on any atom is 0.0424 e. The minimum atomic E-state index is 1.32. The molecule has 0 aliphatic rings. The SMILES string of the molecule is Cc1ccc(C)c(-c2scc3ccccc23)c1. The lowest BCUT2D eigenvalue weighted by Crippen LogP contribution is -1.82. The van der Waals surface area contributed by atoms with Crippen molar-refractivity contribution in [2.75, 3.05) is 0 Å². The monoisotopic (exact) mass is 238 g/mol. The fourth-order valence-electron chi connectivity index (χ4n) is 2.18. The second-order valence-electron chi connectivity index (χ2n) is 4.47. The number of thiophene rings is 1. The highest BCUT2D eigenvalue weighted by Gasteiger charge is 2.08. The van der Waals surface area contributed by atoms with Crippen LogP contribution in [0.2, 0.25) is 0 Å². The molecule has 0 N–H and O–H groups in total. The summed E-state index contributed by atoms with van der Waals surface area (Å²) in [5.74, 6) is 0. The molecular formula is C16H14S. The van der Waals surface area contributed by atoms with Crippen LogP contribution >= 0.6 is 11.3 Å². The highest BCUT2D eigenvalue weighted by atomic mass is 32.1. The Bertz CT molecular complexity index is 677. The zero-order valence-corrected chi connectivity index (χ0v) is 10.8. The smallest absolute Gasteiger partial charge is 0.0424 e. The summed E-state index contributed by atoms with van der Waals surface area (Å²) in [5.41, 5.74) is 4.04. The van der Waals surface area contributed by atoms with Gasteiger partial charge in [0.15, 0.2) is 0 Å². The second kappa shape index (κ2) is 4.01. The minimum Gasteiger partial charge on any atom is -0.143 e. The first-order valence-corrected chi connectivity index (χ1v) is 6.67. The Labute approximate surface area is 106 Å². The van der Waals surface area contributed by atoms with Crippen LogP contribution in [0.3, 0.4) is 0 Å². The van der Waals surface area contributed by atoms with E-state index in [-0.39, 0.29) is 0 Å². The van der Waals surface area contributed by atoms with Crippen molar-refractivity contribution >= 4 is 22.1 Å². The molecule has 0 saturated heterocycles. The molecule has 0 nitrogen and oxygen atoms in total. The van der Waals surface area contributed by atoms with Gasteiger partial charge in [0.2, 0.25) is 0 Å². The van der Waals surface area contributed by atoms with E-state index < -0.39 is 0 Å². The number of benzene rings is 2. The van der Waals surface area contributed by atoms with Crippen molar-refractivity contribution < 1.29 is 0 Å². The molecule has 17 heavy (non-hydrogen) atoms. The van der Waals surface area contributed by atoms with Crippen molar-refractivity contribution in [1.82, 2.24) is 0 Å². The first kappa shape index (κ1) is 10.5. The standard InChI is InChI=1S/C16H14S/c1-11-7-8-12(2)15(9-11)16-14-6-4-3-5-13(14)10-17-16/h3-10H,1-2H3. The molecule has 0 radical (unpaired) electrons. The lowest BCUT2D eigenvalue weighted by molar-refractivity contribution is 1.40. The van der Waals surface area contributed by atoms with Crippen molar-refractivity contribution in [3.8, 4) is 10.4 Å². The maximum absolute atomic E-state index is 2.29. The molecular weight excluding hydrogens is 224 g/mol. The molecule has 0 fully saturated rings. The molecule has 2 aromatic carbocycles. The van der Waals surface area contributed by atoms with Crippen LogP contribution in [0.5, 0.6) is 0 Å². The Morgan fingerprint density at radius 3 is 2.65 bits per heavy atom. The Morgan fingerprint density at radius 2 is 1.76 bits per heavy atom. The maximum atomic E-state index is 2.29. The van der Waals surface area contributed by atoms with Crippen LogP contribution in [-0.4, -0.2) is 0 Å². The molecule has 0 amide bonds. The summed E-state index contributed by atoms with van der Waals surface area (Å²) in [4.78, 5) is 1.39. The highest BCUT2D eigenvalue weighted by molar-refractivity contribution is 7.15. The first-order chi connectivity index (χ1) is 8.25. The Kier molecular flexibility index (Phi) is 2.49. The van der Waals surface area contributed by atoms with Gasteiger partial charge in [0, 0.05) is 10.3 Å². The zero-order chi connectivity index (χ0) is 11.8. The quantitative estimate of drug-likeness (QED) is 0.547. The van der Waals surface area contributed by atoms with E-state index in [0.717, 1.165) is 0 Å². The number of fused-ring (bicyclic) bond motifs is 1. The average molecular weight is 238 g/mol. The van der Waals surface area contributed by atoms with Gasteiger partial charge in [-0.1, -0.05) is 48.0 Å². The summed E-state index contributed by atoms with van der Waals surface area (Å²) in [6.07, 6.45) is 0. The highest BCUT2D eigenvalue weighted by Crippen LogP contribution is 2.36. The largest absolute Gasteiger partial charge is 0.143 e. The van der Waals surface area contributed by atoms with E-state index in [4.69, 9.17) is 0 Å². The second-order valence-corrected chi connectivity index (χ2v) is 5.35. The molecule has 0 aliphatic heterocycles. The van der Waals surface area contributed by atoms with E-state index in [0.29, 0.717) is 0 Å². The van der Waals surface area contributed by atoms with Crippen molar-refractivity contribution in [2.45, 2.75) is 13.8 Å². The first-order valence-electron chi connectivity index (χ1n) is 5.79. The third-order valence-electron chi connectivity index (χ3n) is 3.15. The van der Waals surface area contributed by atoms with E-state index in [1.807, 2.05) is 11.3 Å². The molecule has 3 rings (SSSR count). The van der Waals surface area contributed by atoms with Gasteiger partial charge in [0.1, 0.15) is 0 Å². The van der Waals surface area contributed by atoms with E-state index >= 15 is 0 Å². The normalized spacial score (nSPS) is 10.9. The molecule has 0 aliphatic carbocycles. The van der Waals surface area contributed by atoms with Crippen LogP contribution in [0.1, 0.15) is 11.1 Å². The topological polar surface area (TPSA) is 0 Å². The van der Waals surface area contributed by atoms with Crippen LogP contribution < -0.4 is 0 Å². The lowest BCUT2D eigenvalue weighted by atomic mass is 10.0. The molecule has 0 bridgehead atoms. The minimum absolute atomic E-state index is 1.32. The Balaban J connectivity index is 2.31. The zero-order valence-electron chi connectivity index (χ0n) is 10.0. The van der Waals surface area contributed by atoms with Crippen molar-refractivity contribution in [3.63, 3.8) is 0 Å². The summed E-state index contributed by atoms with van der Waals surface area (Å²) in [5, 5.41) is 4.95. The van der Waals surface area contributed by atoms with E-state index in [1.165, 1.54) is 32.3 Å². The van der Waals surface area contributed by atoms with Gasteiger partial charge < -0.3 is 0 Å². The fraction of sp³-hybridized carbons (Fsp3) is 0.125. The van der Waals surface area contributed by atoms with Crippen LogP contribution in [0.4, 0.5) is 0 Å². The van der Waals surface area contributed by atoms with Crippen LogP contribution in [0.25, 0.3) is 21.2 Å². The summed E-state index contributed by atoms with van der Waals surface area (Å²) in [6.45, 7) is 4.34. The predicted octanol–water partition coefficient (Wildman–Crippen LogP) is 5.19. The molecule has 1 heteroatoms. The van der Waals surface area contributed by atoms with Gasteiger partial charge in [-0.2, -0.15) is 0 Å². The van der Waals surface area contributed by atoms with Crippen LogP contribution in [-0.2, 0) is 0 Å². The van der Waals surface area contributed by atoms with Gasteiger partial charge in [-0.15, -0.1) is 11.3 Å². The third-order valence-corrected chi connectivity index (χ3v) is 4.19. The summed E-state index contributed by atoms with van der Waals surface area (Å²) < 4.78 is 0. The van der Waals surface area contributed by atoms with Crippen LogP contribution in [0.15, 0.2) is 47.8 Å². The van der Waals surface area contributed by atoms with Gasteiger partial charge in [-0.25, -0.2) is 0 Å². The number of hydrogen-bond acceptors (Lipinski definition) is 1.